The fourth-order valence-electron chi connectivity index (χ4n) is 3.19. The second-order valence-corrected chi connectivity index (χ2v) is 7.34. The summed E-state index contributed by atoms with van der Waals surface area (Å²) in [6.07, 6.45) is 0. The van der Waals surface area contributed by atoms with E-state index in [9.17, 15) is 13.6 Å². The Hall–Kier alpha value is -3.05. The zero-order valence-corrected chi connectivity index (χ0v) is 17.0. The Morgan fingerprint density at radius 1 is 0.933 bits per heavy atom. The van der Waals surface area contributed by atoms with E-state index in [1.165, 1.54) is 12.1 Å². The van der Waals surface area contributed by atoms with E-state index in [1.54, 1.807) is 12.1 Å². The Bertz CT molecular complexity index is 956. The van der Waals surface area contributed by atoms with Crippen LogP contribution in [0.2, 0.25) is 0 Å². The summed E-state index contributed by atoms with van der Waals surface area (Å²) < 4.78 is 33.0. The van der Waals surface area contributed by atoms with E-state index in [0.717, 1.165) is 18.1 Å². The number of rotatable bonds is 8. The van der Waals surface area contributed by atoms with Gasteiger partial charge in [0.2, 0.25) is 0 Å². The second kappa shape index (κ2) is 9.63. The summed E-state index contributed by atoms with van der Waals surface area (Å²) >= 11 is 0. The molecule has 0 unspecified atom stereocenters. The highest BCUT2D eigenvalue weighted by Crippen LogP contribution is 2.29. The van der Waals surface area contributed by atoms with Gasteiger partial charge >= 0.3 is 5.97 Å². The maximum Gasteiger partial charge on any atom is 0.328 e. The highest BCUT2D eigenvalue weighted by Gasteiger charge is 2.27. The summed E-state index contributed by atoms with van der Waals surface area (Å²) in [5.41, 5.74) is 2.25. The number of esters is 1. The van der Waals surface area contributed by atoms with Crippen LogP contribution in [-0.4, -0.2) is 5.97 Å². The number of benzene rings is 3. The van der Waals surface area contributed by atoms with Gasteiger partial charge in [0, 0.05) is 18.5 Å². The van der Waals surface area contributed by atoms with Crippen molar-refractivity contribution in [2.24, 2.45) is 0 Å². The van der Waals surface area contributed by atoms with Gasteiger partial charge in [0.15, 0.2) is 0 Å². The van der Waals surface area contributed by atoms with Crippen molar-refractivity contribution in [2.45, 2.75) is 38.5 Å². The zero-order chi connectivity index (χ0) is 21.6. The largest absolute Gasteiger partial charge is 0.459 e. The minimum Gasteiger partial charge on any atom is -0.459 e. The molecule has 0 radical (unpaired) electrons. The van der Waals surface area contributed by atoms with Crippen LogP contribution in [0, 0.1) is 0 Å². The lowest BCUT2D eigenvalue weighted by Gasteiger charge is -2.24. The molecule has 0 saturated carbocycles. The van der Waals surface area contributed by atoms with Gasteiger partial charge in [-0.15, -0.1) is 0 Å². The van der Waals surface area contributed by atoms with Gasteiger partial charge in [-0.1, -0.05) is 78.9 Å². The molecule has 2 atom stereocenters. The number of carbonyl (C=O) groups is 1. The SMILES string of the molecule is C[C@@H](N[C@@H](C(=O)OCc1ccccc1)c1ccccc1)c1cccc(C(C)(F)F)c1. The van der Waals surface area contributed by atoms with Crippen LogP contribution in [0.25, 0.3) is 0 Å². The third kappa shape index (κ3) is 5.74. The van der Waals surface area contributed by atoms with Crippen LogP contribution in [0.4, 0.5) is 8.78 Å². The highest BCUT2D eigenvalue weighted by atomic mass is 19.3. The Morgan fingerprint density at radius 2 is 1.53 bits per heavy atom. The minimum absolute atomic E-state index is 0.0587. The predicted molar refractivity (Wildman–Crippen MR) is 113 cm³/mol. The fraction of sp³-hybridized carbons (Fsp3) is 0.240. The Kier molecular flexibility index (Phi) is 6.95. The van der Waals surface area contributed by atoms with Crippen LogP contribution >= 0.6 is 0 Å². The first-order chi connectivity index (χ1) is 14.3. The third-order valence-corrected chi connectivity index (χ3v) is 4.90. The van der Waals surface area contributed by atoms with E-state index in [4.69, 9.17) is 4.74 Å². The van der Waals surface area contributed by atoms with Gasteiger partial charge in [-0.25, -0.2) is 13.6 Å². The van der Waals surface area contributed by atoms with Crippen molar-refractivity contribution in [3.8, 4) is 0 Å². The normalized spacial score (nSPS) is 13.5. The zero-order valence-electron chi connectivity index (χ0n) is 17.0. The van der Waals surface area contributed by atoms with E-state index in [2.05, 4.69) is 5.32 Å². The molecular weight excluding hydrogens is 384 g/mol. The first-order valence-corrected chi connectivity index (χ1v) is 9.84. The quantitative estimate of drug-likeness (QED) is 0.469. The molecule has 0 aliphatic rings. The molecule has 0 bridgehead atoms. The summed E-state index contributed by atoms with van der Waals surface area (Å²) in [7, 11) is 0. The van der Waals surface area contributed by atoms with Gasteiger partial charge in [0.1, 0.15) is 12.6 Å². The number of carbonyl (C=O) groups excluding carboxylic acids is 1. The molecule has 0 saturated heterocycles. The topological polar surface area (TPSA) is 38.3 Å². The first kappa shape index (κ1) is 21.7. The van der Waals surface area contributed by atoms with E-state index in [0.29, 0.717) is 5.56 Å². The van der Waals surface area contributed by atoms with Crippen molar-refractivity contribution in [3.05, 3.63) is 107 Å². The molecule has 3 nitrogen and oxygen atoms in total. The number of hydrogen-bond acceptors (Lipinski definition) is 3. The summed E-state index contributed by atoms with van der Waals surface area (Å²) in [6.45, 7) is 2.88. The molecule has 3 aromatic rings. The summed E-state index contributed by atoms with van der Waals surface area (Å²) in [6, 6.07) is 23.8. The molecular formula is C25H25F2NO2. The lowest BCUT2D eigenvalue weighted by molar-refractivity contribution is -0.148. The van der Waals surface area contributed by atoms with Crippen molar-refractivity contribution in [2.75, 3.05) is 0 Å². The maximum atomic E-state index is 13.7. The number of hydrogen-bond donors (Lipinski definition) is 1. The van der Waals surface area contributed by atoms with E-state index < -0.39 is 17.9 Å². The summed E-state index contributed by atoms with van der Waals surface area (Å²) in [5, 5.41) is 3.24. The molecule has 0 aliphatic carbocycles. The average molecular weight is 409 g/mol. The smallest absolute Gasteiger partial charge is 0.328 e. The van der Waals surface area contributed by atoms with Crippen molar-refractivity contribution < 1.29 is 18.3 Å². The third-order valence-electron chi connectivity index (χ3n) is 4.90. The van der Waals surface area contributed by atoms with E-state index in [-0.39, 0.29) is 18.2 Å². The van der Waals surface area contributed by atoms with Gasteiger partial charge in [-0.05, 0) is 29.7 Å². The summed E-state index contributed by atoms with van der Waals surface area (Å²) in [5.74, 6) is -3.35. The second-order valence-electron chi connectivity index (χ2n) is 7.34. The molecule has 3 rings (SSSR count). The van der Waals surface area contributed by atoms with Crippen LogP contribution in [0.5, 0.6) is 0 Å². The van der Waals surface area contributed by atoms with Gasteiger partial charge < -0.3 is 4.74 Å². The van der Waals surface area contributed by atoms with Crippen molar-refractivity contribution in [1.82, 2.24) is 5.32 Å². The Balaban J connectivity index is 1.78. The van der Waals surface area contributed by atoms with Crippen molar-refractivity contribution in [1.29, 1.82) is 0 Å². The molecule has 1 N–H and O–H groups in total. The van der Waals surface area contributed by atoms with E-state index in [1.807, 2.05) is 67.6 Å². The van der Waals surface area contributed by atoms with Crippen LogP contribution in [0.1, 0.15) is 48.2 Å². The highest BCUT2D eigenvalue weighted by molar-refractivity contribution is 5.77. The van der Waals surface area contributed by atoms with Gasteiger partial charge in [0.05, 0.1) is 0 Å². The standard InChI is InChI=1S/C25H25F2NO2/c1-18(21-14-9-15-22(16-21)25(2,26)27)28-23(20-12-7-4-8-13-20)24(29)30-17-19-10-5-3-6-11-19/h3-16,18,23,28H,17H2,1-2H3/t18-,23-/m1/s1. The Labute approximate surface area is 175 Å². The summed E-state index contributed by atoms with van der Waals surface area (Å²) in [4.78, 5) is 12.9. The minimum atomic E-state index is -2.93. The molecule has 0 fully saturated rings. The number of nitrogens with one attached hydrogen (secondary N) is 1. The molecule has 0 amide bonds. The fourth-order valence-corrected chi connectivity index (χ4v) is 3.19. The molecule has 0 aromatic heterocycles. The average Bonchev–Trinajstić information content (AvgIpc) is 2.76. The lowest BCUT2D eigenvalue weighted by atomic mass is 10.00. The lowest BCUT2D eigenvalue weighted by Crippen LogP contribution is -2.32. The van der Waals surface area contributed by atoms with Gasteiger partial charge in [0.25, 0.3) is 5.92 Å². The predicted octanol–water partition coefficient (Wildman–Crippen LogP) is 5.93. The van der Waals surface area contributed by atoms with Crippen molar-refractivity contribution >= 4 is 5.97 Å². The van der Waals surface area contributed by atoms with Crippen molar-refractivity contribution in [3.63, 3.8) is 0 Å². The molecule has 30 heavy (non-hydrogen) atoms. The van der Waals surface area contributed by atoms with Crippen LogP contribution < -0.4 is 5.32 Å². The van der Waals surface area contributed by atoms with E-state index >= 15 is 0 Å². The first-order valence-electron chi connectivity index (χ1n) is 9.84. The Morgan fingerprint density at radius 3 is 2.17 bits per heavy atom. The molecule has 0 aliphatic heterocycles. The monoisotopic (exact) mass is 409 g/mol. The molecule has 5 heteroatoms. The van der Waals surface area contributed by atoms with Crippen LogP contribution in [0.3, 0.4) is 0 Å². The number of ether oxygens (including phenoxy) is 1. The molecule has 0 spiro atoms. The van der Waals surface area contributed by atoms with Crippen LogP contribution in [-0.2, 0) is 22.1 Å². The molecule has 0 heterocycles. The number of halogens is 2. The number of alkyl halides is 2. The van der Waals surface area contributed by atoms with Gasteiger partial charge in [-0.2, -0.15) is 0 Å². The molecule has 156 valence electrons. The molecule has 3 aromatic carbocycles. The van der Waals surface area contributed by atoms with Gasteiger partial charge in [-0.3, -0.25) is 5.32 Å². The van der Waals surface area contributed by atoms with Crippen LogP contribution in [0.15, 0.2) is 84.9 Å². The maximum absolute atomic E-state index is 13.7.